The molecular formula is C20H32N4O. The van der Waals surface area contributed by atoms with E-state index in [0.717, 1.165) is 29.7 Å². The van der Waals surface area contributed by atoms with Crippen molar-refractivity contribution in [1.82, 2.24) is 10.6 Å². The number of rotatable bonds is 7. The predicted octanol–water partition coefficient (Wildman–Crippen LogP) is 3.67. The van der Waals surface area contributed by atoms with E-state index in [1.165, 1.54) is 51.9 Å². The maximum absolute atomic E-state index is 11.1. The molecule has 1 aromatic rings. The fraction of sp³-hybridized carbons (Fsp3) is 0.600. The lowest BCUT2D eigenvalue weighted by Gasteiger charge is -2.21. The standard InChI is InChI=1S/C20H32N4O/c1-16(25)24-19-12-6-10-18(14-19)15-23-20(21-2)22-13-7-11-17-8-4-3-5-9-17/h6,10,12,14,17H,3-5,7-9,11,13,15H2,1-2H3,(H,24,25)(H2,21,22,23). The maximum Gasteiger partial charge on any atom is 0.221 e. The van der Waals surface area contributed by atoms with Crippen molar-refractivity contribution in [3.8, 4) is 0 Å². The first-order valence-electron chi connectivity index (χ1n) is 9.48. The zero-order valence-electron chi connectivity index (χ0n) is 15.6. The Balaban J connectivity index is 1.68. The van der Waals surface area contributed by atoms with Crippen molar-refractivity contribution in [3.63, 3.8) is 0 Å². The van der Waals surface area contributed by atoms with Gasteiger partial charge in [-0.1, -0.05) is 44.2 Å². The molecule has 0 aliphatic heterocycles. The summed E-state index contributed by atoms with van der Waals surface area (Å²) >= 11 is 0. The van der Waals surface area contributed by atoms with Gasteiger partial charge in [-0.15, -0.1) is 0 Å². The molecule has 5 nitrogen and oxygen atoms in total. The number of nitrogens with one attached hydrogen (secondary N) is 3. The van der Waals surface area contributed by atoms with Crippen LogP contribution in [-0.2, 0) is 11.3 Å². The second kappa shape index (κ2) is 10.7. The largest absolute Gasteiger partial charge is 0.356 e. The SMILES string of the molecule is CN=C(NCCCC1CCCCC1)NCc1cccc(NC(C)=O)c1. The van der Waals surface area contributed by atoms with E-state index < -0.39 is 0 Å². The molecular weight excluding hydrogens is 312 g/mol. The van der Waals surface area contributed by atoms with E-state index in [4.69, 9.17) is 0 Å². The van der Waals surface area contributed by atoms with Crippen molar-refractivity contribution in [2.24, 2.45) is 10.9 Å². The molecule has 1 saturated carbocycles. The Kier molecular flexibility index (Phi) is 8.29. The topological polar surface area (TPSA) is 65.5 Å². The third-order valence-corrected chi connectivity index (χ3v) is 4.74. The van der Waals surface area contributed by atoms with Crippen LogP contribution in [-0.4, -0.2) is 25.5 Å². The number of hydrogen-bond acceptors (Lipinski definition) is 2. The number of amides is 1. The molecule has 0 radical (unpaired) electrons. The number of guanidine groups is 1. The van der Waals surface area contributed by atoms with Gasteiger partial charge in [0, 0.05) is 32.7 Å². The van der Waals surface area contributed by atoms with Crippen LogP contribution in [0.2, 0.25) is 0 Å². The number of carbonyl (C=O) groups is 1. The van der Waals surface area contributed by atoms with Gasteiger partial charge in [-0.3, -0.25) is 9.79 Å². The summed E-state index contributed by atoms with van der Waals surface area (Å²) in [4.78, 5) is 15.4. The Labute approximate surface area is 151 Å². The molecule has 0 spiro atoms. The molecule has 0 heterocycles. The normalized spacial score (nSPS) is 15.7. The second-order valence-corrected chi connectivity index (χ2v) is 6.88. The van der Waals surface area contributed by atoms with Crippen LogP contribution in [0.25, 0.3) is 0 Å². The fourth-order valence-electron chi connectivity index (χ4n) is 3.44. The Morgan fingerprint density at radius 2 is 2.00 bits per heavy atom. The molecule has 3 N–H and O–H groups in total. The number of anilines is 1. The summed E-state index contributed by atoms with van der Waals surface area (Å²) in [6.45, 7) is 3.15. The molecule has 1 aromatic carbocycles. The first kappa shape index (κ1) is 19.3. The number of aliphatic imine (C=N–C) groups is 1. The van der Waals surface area contributed by atoms with Gasteiger partial charge in [0.25, 0.3) is 0 Å². The van der Waals surface area contributed by atoms with Crippen molar-refractivity contribution in [2.75, 3.05) is 18.9 Å². The molecule has 0 aromatic heterocycles. The van der Waals surface area contributed by atoms with Crippen molar-refractivity contribution in [3.05, 3.63) is 29.8 Å². The minimum atomic E-state index is -0.0550. The highest BCUT2D eigenvalue weighted by Gasteiger charge is 2.12. The summed E-state index contributed by atoms with van der Waals surface area (Å²) in [5.41, 5.74) is 1.93. The zero-order chi connectivity index (χ0) is 17.9. The van der Waals surface area contributed by atoms with Crippen LogP contribution in [0.1, 0.15) is 57.4 Å². The van der Waals surface area contributed by atoms with Crippen LogP contribution in [0.3, 0.4) is 0 Å². The van der Waals surface area contributed by atoms with Crippen LogP contribution in [0.4, 0.5) is 5.69 Å². The van der Waals surface area contributed by atoms with E-state index in [2.05, 4.69) is 20.9 Å². The highest BCUT2D eigenvalue weighted by Crippen LogP contribution is 2.26. The van der Waals surface area contributed by atoms with Gasteiger partial charge in [0.2, 0.25) is 5.91 Å². The van der Waals surface area contributed by atoms with Gasteiger partial charge in [-0.2, -0.15) is 0 Å². The van der Waals surface area contributed by atoms with E-state index in [-0.39, 0.29) is 5.91 Å². The van der Waals surface area contributed by atoms with E-state index in [0.29, 0.717) is 6.54 Å². The molecule has 0 unspecified atom stereocenters. The first-order valence-corrected chi connectivity index (χ1v) is 9.48. The average Bonchev–Trinajstić information content (AvgIpc) is 2.62. The molecule has 138 valence electrons. The third kappa shape index (κ3) is 7.59. The Hall–Kier alpha value is -2.04. The molecule has 0 bridgehead atoms. The summed E-state index contributed by atoms with van der Waals surface area (Å²) in [5.74, 6) is 1.70. The summed E-state index contributed by atoms with van der Waals surface area (Å²) in [5, 5.41) is 9.53. The van der Waals surface area contributed by atoms with E-state index in [9.17, 15) is 4.79 Å². The summed E-state index contributed by atoms with van der Waals surface area (Å²) in [6, 6.07) is 7.85. The fourth-order valence-corrected chi connectivity index (χ4v) is 3.44. The minimum Gasteiger partial charge on any atom is -0.356 e. The van der Waals surface area contributed by atoms with Gasteiger partial charge in [-0.05, 0) is 36.5 Å². The average molecular weight is 345 g/mol. The van der Waals surface area contributed by atoms with Gasteiger partial charge in [0.05, 0.1) is 0 Å². The highest BCUT2D eigenvalue weighted by molar-refractivity contribution is 5.88. The van der Waals surface area contributed by atoms with Gasteiger partial charge in [0.1, 0.15) is 0 Å². The van der Waals surface area contributed by atoms with Crippen molar-refractivity contribution < 1.29 is 4.79 Å². The van der Waals surface area contributed by atoms with Gasteiger partial charge in [-0.25, -0.2) is 0 Å². The van der Waals surface area contributed by atoms with Crippen LogP contribution in [0, 0.1) is 5.92 Å². The van der Waals surface area contributed by atoms with E-state index >= 15 is 0 Å². The molecule has 1 aliphatic rings. The van der Waals surface area contributed by atoms with Crippen molar-refractivity contribution >= 4 is 17.6 Å². The number of benzene rings is 1. The first-order chi connectivity index (χ1) is 12.2. The summed E-state index contributed by atoms with van der Waals surface area (Å²) < 4.78 is 0. The van der Waals surface area contributed by atoms with E-state index in [1.807, 2.05) is 24.3 Å². The quantitative estimate of drug-likeness (QED) is 0.402. The van der Waals surface area contributed by atoms with Gasteiger partial charge < -0.3 is 16.0 Å². The second-order valence-electron chi connectivity index (χ2n) is 6.88. The zero-order valence-corrected chi connectivity index (χ0v) is 15.6. The number of carbonyl (C=O) groups excluding carboxylic acids is 1. The monoisotopic (exact) mass is 344 g/mol. The minimum absolute atomic E-state index is 0.0550. The molecule has 2 rings (SSSR count). The number of hydrogen-bond donors (Lipinski definition) is 3. The highest BCUT2D eigenvalue weighted by atomic mass is 16.1. The van der Waals surface area contributed by atoms with Crippen molar-refractivity contribution in [1.29, 1.82) is 0 Å². The van der Waals surface area contributed by atoms with Crippen LogP contribution < -0.4 is 16.0 Å². The predicted molar refractivity (Wildman–Crippen MR) is 105 cm³/mol. The van der Waals surface area contributed by atoms with E-state index in [1.54, 1.807) is 7.05 Å². The third-order valence-electron chi connectivity index (χ3n) is 4.74. The molecule has 25 heavy (non-hydrogen) atoms. The smallest absolute Gasteiger partial charge is 0.221 e. The molecule has 1 amide bonds. The van der Waals surface area contributed by atoms with Crippen LogP contribution in [0.5, 0.6) is 0 Å². The van der Waals surface area contributed by atoms with Gasteiger partial charge >= 0.3 is 0 Å². The molecule has 1 aliphatic carbocycles. The molecule has 1 fully saturated rings. The molecule has 0 atom stereocenters. The molecule has 5 heteroatoms. The molecule has 0 saturated heterocycles. The lowest BCUT2D eigenvalue weighted by Crippen LogP contribution is -2.37. The van der Waals surface area contributed by atoms with Crippen LogP contribution in [0.15, 0.2) is 29.3 Å². The Bertz CT molecular complexity index is 565. The summed E-state index contributed by atoms with van der Waals surface area (Å²) in [7, 11) is 1.80. The van der Waals surface area contributed by atoms with Gasteiger partial charge in [0.15, 0.2) is 5.96 Å². The van der Waals surface area contributed by atoms with Crippen molar-refractivity contribution in [2.45, 2.75) is 58.4 Å². The Morgan fingerprint density at radius 3 is 2.72 bits per heavy atom. The summed E-state index contributed by atoms with van der Waals surface area (Å²) in [6.07, 6.45) is 9.60. The maximum atomic E-state index is 11.1. The lowest BCUT2D eigenvalue weighted by molar-refractivity contribution is -0.114. The van der Waals surface area contributed by atoms with Crippen LogP contribution >= 0.6 is 0 Å². The number of nitrogens with zero attached hydrogens (tertiary/aromatic N) is 1. The Morgan fingerprint density at radius 1 is 1.20 bits per heavy atom. The lowest BCUT2D eigenvalue weighted by atomic mass is 9.86.